The van der Waals surface area contributed by atoms with Gasteiger partial charge in [0.25, 0.3) is 0 Å². The summed E-state index contributed by atoms with van der Waals surface area (Å²) in [4.78, 5) is 0. The van der Waals surface area contributed by atoms with Crippen LogP contribution in [0.4, 0.5) is 5.69 Å². The first-order valence-corrected chi connectivity index (χ1v) is 6.96. The molecule has 3 atom stereocenters. The molecular weight excluding hydrogens is 254 g/mol. The van der Waals surface area contributed by atoms with Crippen LogP contribution in [0.3, 0.4) is 0 Å². The van der Waals surface area contributed by atoms with Crippen molar-refractivity contribution in [3.8, 4) is 5.75 Å². The van der Waals surface area contributed by atoms with Gasteiger partial charge in [0.2, 0.25) is 0 Å². The maximum absolute atomic E-state index is 5.97. The zero-order chi connectivity index (χ0) is 13.5. The van der Waals surface area contributed by atoms with E-state index in [1.54, 1.807) is 13.4 Å². The molecule has 2 aliphatic rings. The van der Waals surface area contributed by atoms with Gasteiger partial charge in [0.1, 0.15) is 11.5 Å². The number of furan rings is 1. The molecule has 0 aliphatic carbocycles. The predicted molar refractivity (Wildman–Crippen MR) is 74.9 cm³/mol. The second kappa shape index (κ2) is 4.56. The van der Waals surface area contributed by atoms with Crippen LogP contribution in [0.5, 0.6) is 5.75 Å². The molecule has 3 heterocycles. The third-order valence-electron chi connectivity index (χ3n) is 4.29. The molecule has 0 bridgehead atoms. The number of fused-ring (bicyclic) bond motifs is 3. The summed E-state index contributed by atoms with van der Waals surface area (Å²) in [6, 6.07) is 10.2. The van der Waals surface area contributed by atoms with Crippen molar-refractivity contribution >= 4 is 5.69 Å². The molecule has 1 aromatic heterocycles. The van der Waals surface area contributed by atoms with Gasteiger partial charge >= 0.3 is 0 Å². The largest absolute Gasteiger partial charge is 0.497 e. The molecule has 20 heavy (non-hydrogen) atoms. The molecule has 2 aromatic rings. The van der Waals surface area contributed by atoms with Crippen molar-refractivity contribution in [1.29, 1.82) is 0 Å². The summed E-state index contributed by atoms with van der Waals surface area (Å²) in [5, 5.41) is 3.59. The fourth-order valence-corrected chi connectivity index (χ4v) is 3.33. The summed E-state index contributed by atoms with van der Waals surface area (Å²) in [6.45, 7) is 0.796. The maximum atomic E-state index is 5.97. The van der Waals surface area contributed by atoms with Crippen LogP contribution in [0.25, 0.3) is 0 Å². The predicted octanol–water partition coefficient (Wildman–Crippen LogP) is 3.53. The van der Waals surface area contributed by atoms with E-state index in [1.165, 1.54) is 5.56 Å². The van der Waals surface area contributed by atoms with E-state index < -0.39 is 0 Å². The molecule has 4 nitrogen and oxygen atoms in total. The molecule has 1 N–H and O–H groups in total. The minimum atomic E-state index is 0.122. The van der Waals surface area contributed by atoms with Crippen LogP contribution in [0.1, 0.15) is 29.9 Å². The smallest absolute Gasteiger partial charge is 0.126 e. The van der Waals surface area contributed by atoms with Gasteiger partial charge in [-0.2, -0.15) is 0 Å². The van der Waals surface area contributed by atoms with Gasteiger partial charge in [-0.3, -0.25) is 0 Å². The van der Waals surface area contributed by atoms with Gasteiger partial charge < -0.3 is 19.2 Å². The van der Waals surface area contributed by atoms with Gasteiger partial charge in [-0.25, -0.2) is 0 Å². The topological polar surface area (TPSA) is 43.6 Å². The SMILES string of the molecule is COc1ccc2c(c1)[C@H]1OCC[C@@H]1[C@H](c1ccco1)N2. The molecule has 4 rings (SSSR count). The number of anilines is 1. The molecular formula is C16H17NO3. The van der Waals surface area contributed by atoms with E-state index in [9.17, 15) is 0 Å². The number of nitrogens with one attached hydrogen (secondary N) is 1. The number of rotatable bonds is 2. The summed E-state index contributed by atoms with van der Waals surface area (Å²) in [6.07, 6.45) is 2.89. The van der Waals surface area contributed by atoms with E-state index in [0.717, 1.165) is 30.2 Å². The van der Waals surface area contributed by atoms with Crippen molar-refractivity contribution in [2.45, 2.75) is 18.6 Å². The first-order chi connectivity index (χ1) is 9.86. The van der Waals surface area contributed by atoms with Gasteiger partial charge in [-0.15, -0.1) is 0 Å². The van der Waals surface area contributed by atoms with E-state index in [1.807, 2.05) is 18.2 Å². The quantitative estimate of drug-likeness (QED) is 0.907. The fourth-order valence-electron chi connectivity index (χ4n) is 3.33. The number of hydrogen-bond donors (Lipinski definition) is 1. The van der Waals surface area contributed by atoms with Crippen molar-refractivity contribution in [3.63, 3.8) is 0 Å². The molecule has 0 spiro atoms. The summed E-state index contributed by atoms with van der Waals surface area (Å²) in [7, 11) is 1.69. The lowest BCUT2D eigenvalue weighted by Gasteiger charge is -2.35. The monoisotopic (exact) mass is 271 g/mol. The number of ether oxygens (including phenoxy) is 2. The molecule has 0 saturated carbocycles. The molecule has 104 valence electrons. The Balaban J connectivity index is 1.78. The van der Waals surface area contributed by atoms with Crippen molar-refractivity contribution < 1.29 is 13.9 Å². The maximum Gasteiger partial charge on any atom is 0.126 e. The van der Waals surface area contributed by atoms with E-state index in [0.29, 0.717) is 5.92 Å². The zero-order valence-electron chi connectivity index (χ0n) is 11.3. The first-order valence-electron chi connectivity index (χ1n) is 6.96. The third kappa shape index (κ3) is 1.72. The van der Waals surface area contributed by atoms with E-state index in [2.05, 4.69) is 17.4 Å². The number of methoxy groups -OCH3 is 1. The minimum absolute atomic E-state index is 0.122. The normalized spacial score (nSPS) is 27.6. The van der Waals surface area contributed by atoms with Crippen LogP contribution in [0, 0.1) is 5.92 Å². The lowest BCUT2D eigenvalue weighted by Crippen LogP contribution is -2.28. The average Bonchev–Trinajstić information content (AvgIpc) is 3.17. The lowest BCUT2D eigenvalue weighted by molar-refractivity contribution is 0.0806. The van der Waals surface area contributed by atoms with E-state index >= 15 is 0 Å². The highest BCUT2D eigenvalue weighted by Gasteiger charge is 2.42. The Kier molecular flexibility index (Phi) is 2.70. The van der Waals surface area contributed by atoms with Gasteiger partial charge in [0.15, 0.2) is 0 Å². The van der Waals surface area contributed by atoms with Crippen LogP contribution in [-0.4, -0.2) is 13.7 Å². The molecule has 0 radical (unpaired) electrons. The molecule has 0 amide bonds. The van der Waals surface area contributed by atoms with Crippen molar-refractivity contribution in [2.75, 3.05) is 19.0 Å². The number of hydrogen-bond acceptors (Lipinski definition) is 4. The Bertz CT molecular complexity index is 608. The molecule has 0 unspecified atom stereocenters. The van der Waals surface area contributed by atoms with Gasteiger partial charge in [-0.1, -0.05) is 0 Å². The highest BCUT2D eigenvalue weighted by Crippen LogP contribution is 2.50. The highest BCUT2D eigenvalue weighted by molar-refractivity contribution is 5.59. The first kappa shape index (κ1) is 11.9. The van der Waals surface area contributed by atoms with Gasteiger partial charge in [-0.05, 0) is 36.8 Å². The van der Waals surface area contributed by atoms with Gasteiger partial charge in [0, 0.05) is 23.8 Å². The Morgan fingerprint density at radius 1 is 1.30 bits per heavy atom. The highest BCUT2D eigenvalue weighted by atomic mass is 16.5. The molecule has 2 aliphatic heterocycles. The second-order valence-corrected chi connectivity index (χ2v) is 5.33. The van der Waals surface area contributed by atoms with Crippen LogP contribution < -0.4 is 10.1 Å². The van der Waals surface area contributed by atoms with Crippen molar-refractivity contribution in [3.05, 3.63) is 47.9 Å². The Morgan fingerprint density at radius 3 is 3.05 bits per heavy atom. The number of benzene rings is 1. The Morgan fingerprint density at radius 2 is 2.25 bits per heavy atom. The second-order valence-electron chi connectivity index (χ2n) is 5.33. The van der Waals surface area contributed by atoms with Crippen LogP contribution in [-0.2, 0) is 4.74 Å². The summed E-state index contributed by atoms with van der Waals surface area (Å²) in [5.41, 5.74) is 2.30. The van der Waals surface area contributed by atoms with E-state index in [-0.39, 0.29) is 12.1 Å². The average molecular weight is 271 g/mol. The van der Waals surface area contributed by atoms with Crippen LogP contribution in [0.15, 0.2) is 41.0 Å². The molecule has 1 saturated heterocycles. The van der Waals surface area contributed by atoms with Crippen LogP contribution in [0.2, 0.25) is 0 Å². The fraction of sp³-hybridized carbons (Fsp3) is 0.375. The third-order valence-corrected chi connectivity index (χ3v) is 4.29. The van der Waals surface area contributed by atoms with Crippen molar-refractivity contribution in [2.24, 2.45) is 5.92 Å². The van der Waals surface area contributed by atoms with Crippen molar-refractivity contribution in [1.82, 2.24) is 0 Å². The molecule has 1 aromatic carbocycles. The minimum Gasteiger partial charge on any atom is -0.497 e. The Labute approximate surface area is 117 Å². The summed E-state index contributed by atoms with van der Waals surface area (Å²) in [5.74, 6) is 2.25. The molecule has 1 fully saturated rings. The van der Waals surface area contributed by atoms with E-state index in [4.69, 9.17) is 13.9 Å². The molecule has 4 heteroatoms. The Hall–Kier alpha value is -1.94. The summed E-state index contributed by atoms with van der Waals surface area (Å²) < 4.78 is 16.9. The zero-order valence-corrected chi connectivity index (χ0v) is 11.3. The van der Waals surface area contributed by atoms with Crippen LogP contribution >= 0.6 is 0 Å². The lowest BCUT2D eigenvalue weighted by atomic mass is 9.83. The van der Waals surface area contributed by atoms with Gasteiger partial charge in [0.05, 0.1) is 25.5 Å². The standard InChI is InChI=1S/C16H17NO3/c1-18-10-4-5-13-12(9-10)16-11(6-8-20-16)15(17-13)14-3-2-7-19-14/h2-5,7,9,11,15-17H,6,8H2,1H3/t11-,15-,16+/m1/s1. The summed E-state index contributed by atoms with van der Waals surface area (Å²) >= 11 is 0.